The van der Waals surface area contributed by atoms with E-state index in [0.717, 1.165) is 30.7 Å². The van der Waals surface area contributed by atoms with E-state index in [0.29, 0.717) is 0 Å². The van der Waals surface area contributed by atoms with Crippen molar-refractivity contribution in [3.05, 3.63) is 18.2 Å². The molecule has 0 bridgehead atoms. The summed E-state index contributed by atoms with van der Waals surface area (Å²) in [7, 11) is 0. The average molecular weight is 273 g/mol. The zero-order valence-corrected chi connectivity index (χ0v) is 12.6. The number of nitrogens with one attached hydrogen (secondary N) is 1. The number of rotatable bonds is 4. The van der Waals surface area contributed by atoms with Crippen LogP contribution in [-0.4, -0.2) is 24.1 Å². The summed E-state index contributed by atoms with van der Waals surface area (Å²) in [6, 6.07) is 7.16. The van der Waals surface area contributed by atoms with Gasteiger partial charge in [0.1, 0.15) is 11.6 Å². The molecule has 3 heteroatoms. The number of hydrogen-bond donors (Lipinski definition) is 1. The minimum atomic E-state index is 0.742. The molecular weight excluding hydrogens is 246 g/mol. The fourth-order valence-electron chi connectivity index (χ4n) is 3.84. The van der Waals surface area contributed by atoms with Crippen molar-refractivity contribution in [2.75, 3.05) is 23.3 Å². The number of hydrogen-bond acceptors (Lipinski definition) is 3. The maximum Gasteiger partial charge on any atom is 0.131 e. The summed E-state index contributed by atoms with van der Waals surface area (Å²) in [4.78, 5) is 7.43. The van der Waals surface area contributed by atoms with Crippen molar-refractivity contribution >= 4 is 11.6 Å². The Labute approximate surface area is 122 Å². The third kappa shape index (κ3) is 2.92. The fourth-order valence-corrected chi connectivity index (χ4v) is 3.84. The Morgan fingerprint density at radius 1 is 1.20 bits per heavy atom. The summed E-state index contributed by atoms with van der Waals surface area (Å²) in [6.45, 7) is 4.38. The van der Waals surface area contributed by atoms with Crippen LogP contribution in [0.4, 0.5) is 11.6 Å². The Morgan fingerprint density at radius 3 is 2.95 bits per heavy atom. The highest BCUT2D eigenvalue weighted by molar-refractivity contribution is 5.48. The molecule has 3 rings (SSSR count). The Morgan fingerprint density at radius 2 is 2.05 bits per heavy atom. The molecule has 20 heavy (non-hydrogen) atoms. The van der Waals surface area contributed by atoms with Gasteiger partial charge in [-0.2, -0.15) is 0 Å². The third-order valence-electron chi connectivity index (χ3n) is 4.83. The molecule has 1 N–H and O–H groups in total. The molecule has 1 aliphatic heterocycles. The summed E-state index contributed by atoms with van der Waals surface area (Å²) < 4.78 is 0. The van der Waals surface area contributed by atoms with Gasteiger partial charge < -0.3 is 10.2 Å². The highest BCUT2D eigenvalue weighted by Crippen LogP contribution is 2.37. The number of fused-ring (bicyclic) bond motifs is 1. The first kappa shape index (κ1) is 13.7. The molecule has 0 spiro atoms. The maximum atomic E-state index is 4.84. The predicted octanol–water partition coefficient (Wildman–Crippen LogP) is 4.06. The summed E-state index contributed by atoms with van der Waals surface area (Å²) in [5.41, 5.74) is 0. The van der Waals surface area contributed by atoms with Crippen molar-refractivity contribution in [2.24, 2.45) is 5.92 Å². The second kappa shape index (κ2) is 6.47. The molecule has 1 aromatic rings. The highest BCUT2D eigenvalue weighted by atomic mass is 15.2. The van der Waals surface area contributed by atoms with E-state index >= 15 is 0 Å². The minimum absolute atomic E-state index is 0.742. The van der Waals surface area contributed by atoms with Gasteiger partial charge in [0.25, 0.3) is 0 Å². The zero-order valence-electron chi connectivity index (χ0n) is 12.6. The highest BCUT2D eigenvalue weighted by Gasteiger charge is 2.33. The van der Waals surface area contributed by atoms with Gasteiger partial charge in [-0.25, -0.2) is 4.98 Å². The second-order valence-corrected chi connectivity index (χ2v) is 6.26. The zero-order chi connectivity index (χ0) is 13.8. The van der Waals surface area contributed by atoms with Crippen molar-refractivity contribution in [3.8, 4) is 0 Å². The minimum Gasteiger partial charge on any atom is -0.370 e. The van der Waals surface area contributed by atoms with Gasteiger partial charge in [-0.1, -0.05) is 25.8 Å². The van der Waals surface area contributed by atoms with Gasteiger partial charge in [0.05, 0.1) is 0 Å². The van der Waals surface area contributed by atoms with Gasteiger partial charge in [0, 0.05) is 19.1 Å². The molecule has 2 aliphatic rings. The van der Waals surface area contributed by atoms with Crippen LogP contribution in [0.1, 0.15) is 51.9 Å². The summed E-state index contributed by atoms with van der Waals surface area (Å²) in [5.74, 6) is 3.12. The molecule has 1 aromatic heterocycles. The van der Waals surface area contributed by atoms with Crippen LogP contribution < -0.4 is 10.2 Å². The lowest BCUT2D eigenvalue weighted by molar-refractivity contribution is 0.243. The van der Waals surface area contributed by atoms with Crippen LogP contribution in [0.3, 0.4) is 0 Å². The van der Waals surface area contributed by atoms with Crippen molar-refractivity contribution in [1.82, 2.24) is 4.98 Å². The van der Waals surface area contributed by atoms with Gasteiger partial charge in [-0.05, 0) is 50.2 Å². The number of pyridine rings is 1. The van der Waals surface area contributed by atoms with Crippen molar-refractivity contribution < 1.29 is 0 Å². The maximum absolute atomic E-state index is 4.84. The number of nitrogens with zero attached hydrogens (tertiary/aromatic N) is 2. The Balaban J connectivity index is 1.76. The van der Waals surface area contributed by atoms with E-state index in [1.54, 1.807) is 0 Å². The molecule has 1 saturated carbocycles. The molecule has 2 fully saturated rings. The Kier molecular flexibility index (Phi) is 4.44. The molecule has 0 amide bonds. The normalized spacial score (nSPS) is 26.1. The molecule has 1 saturated heterocycles. The SMILES string of the molecule is CCCNc1cccc(N2CCC[C@H]3CCCC[C@H]32)n1. The smallest absolute Gasteiger partial charge is 0.131 e. The van der Waals surface area contributed by atoms with E-state index in [4.69, 9.17) is 4.98 Å². The first-order chi connectivity index (χ1) is 9.88. The fraction of sp³-hybridized carbons (Fsp3) is 0.706. The van der Waals surface area contributed by atoms with Gasteiger partial charge in [-0.15, -0.1) is 0 Å². The predicted molar refractivity (Wildman–Crippen MR) is 85.3 cm³/mol. The molecular formula is C17H27N3. The molecule has 2 atom stereocenters. The van der Waals surface area contributed by atoms with Crippen LogP contribution in [0.15, 0.2) is 18.2 Å². The van der Waals surface area contributed by atoms with Crippen LogP contribution in [0.5, 0.6) is 0 Å². The first-order valence-electron chi connectivity index (χ1n) is 8.36. The largest absolute Gasteiger partial charge is 0.370 e. The lowest BCUT2D eigenvalue weighted by Crippen LogP contribution is -2.47. The van der Waals surface area contributed by atoms with Gasteiger partial charge >= 0.3 is 0 Å². The van der Waals surface area contributed by atoms with Gasteiger partial charge in [0.2, 0.25) is 0 Å². The number of piperidine rings is 1. The van der Waals surface area contributed by atoms with Crippen LogP contribution in [0.2, 0.25) is 0 Å². The van der Waals surface area contributed by atoms with Crippen molar-refractivity contribution in [1.29, 1.82) is 0 Å². The van der Waals surface area contributed by atoms with Gasteiger partial charge in [0.15, 0.2) is 0 Å². The van der Waals surface area contributed by atoms with Crippen molar-refractivity contribution in [3.63, 3.8) is 0 Å². The lowest BCUT2D eigenvalue weighted by Gasteiger charge is -2.44. The van der Waals surface area contributed by atoms with Crippen molar-refractivity contribution in [2.45, 2.75) is 57.9 Å². The molecule has 1 aliphatic carbocycles. The van der Waals surface area contributed by atoms with Crippen LogP contribution in [-0.2, 0) is 0 Å². The molecule has 2 heterocycles. The molecule has 110 valence electrons. The molecule has 3 nitrogen and oxygen atoms in total. The lowest BCUT2D eigenvalue weighted by atomic mass is 9.78. The monoisotopic (exact) mass is 273 g/mol. The molecule has 0 unspecified atom stereocenters. The number of aromatic nitrogens is 1. The van der Waals surface area contributed by atoms with E-state index < -0.39 is 0 Å². The van der Waals surface area contributed by atoms with Crippen LogP contribution in [0, 0.1) is 5.92 Å². The quantitative estimate of drug-likeness (QED) is 0.896. The topological polar surface area (TPSA) is 28.2 Å². The van der Waals surface area contributed by atoms with E-state index in [1.165, 1.54) is 50.9 Å². The third-order valence-corrected chi connectivity index (χ3v) is 4.83. The number of anilines is 2. The standard InChI is InChI=1S/C17H27N3/c1-2-12-18-16-10-5-11-17(19-16)20-13-6-8-14-7-3-4-9-15(14)20/h5,10-11,14-15H,2-4,6-9,12-13H2,1H3,(H,18,19)/t14-,15-/m1/s1. The first-order valence-corrected chi connectivity index (χ1v) is 8.36. The molecule has 0 aromatic carbocycles. The van der Waals surface area contributed by atoms with E-state index in [1.807, 2.05) is 0 Å². The summed E-state index contributed by atoms with van der Waals surface area (Å²) in [5, 5.41) is 3.41. The van der Waals surface area contributed by atoms with E-state index in [2.05, 4.69) is 35.3 Å². The Hall–Kier alpha value is -1.25. The van der Waals surface area contributed by atoms with E-state index in [-0.39, 0.29) is 0 Å². The molecule has 0 radical (unpaired) electrons. The summed E-state index contributed by atoms with van der Waals surface area (Å²) >= 11 is 0. The second-order valence-electron chi connectivity index (χ2n) is 6.26. The van der Waals surface area contributed by atoms with Gasteiger partial charge in [-0.3, -0.25) is 0 Å². The Bertz CT molecular complexity index is 430. The van der Waals surface area contributed by atoms with Crippen LogP contribution in [0.25, 0.3) is 0 Å². The summed E-state index contributed by atoms with van der Waals surface area (Å²) in [6.07, 6.45) is 9.50. The van der Waals surface area contributed by atoms with E-state index in [9.17, 15) is 0 Å². The average Bonchev–Trinajstić information content (AvgIpc) is 2.52. The van der Waals surface area contributed by atoms with Crippen LogP contribution >= 0.6 is 0 Å².